The standard InChI is InChI=1S/C28H37N2O/c1-2-3-4-5-6-7-8-9-10-11-20-30-28(31)27-17-13-15-25(22-27)19-18-24-14-12-16-26(21-24)23-29/h12-17,19,21-22H,2-11,18,20H2,1H3,(H,30,31). The number of unbranched alkanes of at least 4 members (excludes halogenated alkanes) is 9. The van der Waals surface area contributed by atoms with Crippen LogP contribution in [0.5, 0.6) is 0 Å². The van der Waals surface area contributed by atoms with Crippen molar-refractivity contribution in [3.63, 3.8) is 0 Å². The lowest BCUT2D eigenvalue weighted by molar-refractivity contribution is 0.0953. The third kappa shape index (κ3) is 10.3. The summed E-state index contributed by atoms with van der Waals surface area (Å²) in [6, 6.07) is 17.5. The summed E-state index contributed by atoms with van der Waals surface area (Å²) in [5, 5.41) is 12.1. The molecular formula is C28H37N2O. The van der Waals surface area contributed by atoms with Gasteiger partial charge < -0.3 is 5.32 Å². The average molecular weight is 418 g/mol. The first kappa shape index (κ1) is 24.7. The van der Waals surface area contributed by atoms with Gasteiger partial charge in [0.25, 0.3) is 5.91 Å². The Hall–Kier alpha value is -2.60. The van der Waals surface area contributed by atoms with Crippen molar-refractivity contribution in [2.45, 2.75) is 77.6 Å². The van der Waals surface area contributed by atoms with Gasteiger partial charge in [-0.25, -0.2) is 0 Å². The van der Waals surface area contributed by atoms with E-state index in [9.17, 15) is 4.79 Å². The first-order valence-electron chi connectivity index (χ1n) is 11.9. The molecule has 31 heavy (non-hydrogen) atoms. The van der Waals surface area contributed by atoms with Crippen LogP contribution in [0.1, 0.15) is 98.2 Å². The second-order valence-corrected chi connectivity index (χ2v) is 8.28. The van der Waals surface area contributed by atoms with Crippen LogP contribution in [-0.2, 0) is 6.42 Å². The molecule has 2 aromatic carbocycles. The number of nitrogens with zero attached hydrogens (tertiary/aromatic N) is 1. The molecule has 1 radical (unpaired) electrons. The fourth-order valence-electron chi connectivity index (χ4n) is 3.73. The Morgan fingerprint density at radius 2 is 1.58 bits per heavy atom. The summed E-state index contributed by atoms with van der Waals surface area (Å²) in [7, 11) is 0. The van der Waals surface area contributed by atoms with E-state index in [0.717, 1.165) is 30.5 Å². The largest absolute Gasteiger partial charge is 0.352 e. The zero-order chi connectivity index (χ0) is 22.2. The Morgan fingerprint density at radius 3 is 2.29 bits per heavy atom. The highest BCUT2D eigenvalue weighted by Gasteiger charge is 2.06. The van der Waals surface area contributed by atoms with Crippen molar-refractivity contribution >= 4 is 5.91 Å². The molecule has 2 rings (SSSR count). The van der Waals surface area contributed by atoms with Gasteiger partial charge in [0.1, 0.15) is 0 Å². The molecule has 0 fully saturated rings. The Kier molecular flexibility index (Phi) is 12.1. The molecule has 0 saturated heterocycles. The van der Waals surface area contributed by atoms with Crippen LogP contribution in [-0.4, -0.2) is 12.5 Å². The average Bonchev–Trinajstić information content (AvgIpc) is 2.81. The van der Waals surface area contributed by atoms with Crippen LogP contribution in [0.25, 0.3) is 0 Å². The zero-order valence-corrected chi connectivity index (χ0v) is 19.0. The van der Waals surface area contributed by atoms with Gasteiger partial charge in [-0.1, -0.05) is 89.0 Å². The lowest BCUT2D eigenvalue weighted by Gasteiger charge is -2.08. The van der Waals surface area contributed by atoms with E-state index in [1.54, 1.807) is 0 Å². The quantitative estimate of drug-likeness (QED) is 0.317. The third-order valence-electron chi connectivity index (χ3n) is 5.59. The molecule has 0 aliphatic heterocycles. The highest BCUT2D eigenvalue weighted by atomic mass is 16.1. The normalized spacial score (nSPS) is 10.6. The summed E-state index contributed by atoms with van der Waals surface area (Å²) >= 11 is 0. The van der Waals surface area contributed by atoms with E-state index in [4.69, 9.17) is 5.26 Å². The van der Waals surface area contributed by atoms with Crippen molar-refractivity contribution in [3.05, 3.63) is 77.2 Å². The van der Waals surface area contributed by atoms with Gasteiger partial charge in [0.15, 0.2) is 0 Å². The van der Waals surface area contributed by atoms with Crippen molar-refractivity contribution < 1.29 is 4.79 Å². The van der Waals surface area contributed by atoms with Crippen molar-refractivity contribution in [1.82, 2.24) is 5.32 Å². The Morgan fingerprint density at radius 1 is 0.903 bits per heavy atom. The number of rotatable bonds is 15. The number of hydrogen-bond donors (Lipinski definition) is 1. The van der Waals surface area contributed by atoms with Gasteiger partial charge in [0.2, 0.25) is 0 Å². The van der Waals surface area contributed by atoms with Crippen LogP contribution in [0, 0.1) is 17.8 Å². The molecule has 0 heterocycles. The third-order valence-corrected chi connectivity index (χ3v) is 5.59. The van der Waals surface area contributed by atoms with Gasteiger partial charge in [-0.3, -0.25) is 4.79 Å². The topological polar surface area (TPSA) is 52.9 Å². The van der Waals surface area contributed by atoms with E-state index in [-0.39, 0.29) is 5.91 Å². The van der Waals surface area contributed by atoms with Gasteiger partial charge in [-0.15, -0.1) is 0 Å². The number of benzene rings is 2. The van der Waals surface area contributed by atoms with Crippen molar-refractivity contribution in [2.24, 2.45) is 0 Å². The highest BCUT2D eigenvalue weighted by molar-refractivity contribution is 5.94. The molecule has 0 atom stereocenters. The number of carbonyl (C=O) groups is 1. The molecular weight excluding hydrogens is 380 g/mol. The number of amides is 1. The smallest absolute Gasteiger partial charge is 0.251 e. The molecule has 0 aromatic heterocycles. The Bertz CT molecular complexity index is 822. The monoisotopic (exact) mass is 417 g/mol. The first-order valence-corrected chi connectivity index (χ1v) is 11.9. The molecule has 0 aliphatic carbocycles. The number of carbonyl (C=O) groups excluding carboxylic acids is 1. The molecule has 3 nitrogen and oxygen atoms in total. The molecule has 1 amide bonds. The van der Waals surface area contributed by atoms with Crippen molar-refractivity contribution in [1.29, 1.82) is 5.26 Å². The van der Waals surface area contributed by atoms with Crippen molar-refractivity contribution in [3.8, 4) is 6.07 Å². The van der Waals surface area contributed by atoms with E-state index < -0.39 is 0 Å². The summed E-state index contributed by atoms with van der Waals surface area (Å²) in [5.74, 6) is -0.00217. The molecule has 0 unspecified atom stereocenters. The van der Waals surface area contributed by atoms with Crippen LogP contribution >= 0.6 is 0 Å². The number of hydrogen-bond acceptors (Lipinski definition) is 2. The van der Waals surface area contributed by atoms with Crippen LogP contribution < -0.4 is 5.32 Å². The number of nitrogens with one attached hydrogen (secondary N) is 1. The fraction of sp³-hybridized carbons (Fsp3) is 0.464. The molecule has 2 aromatic rings. The summed E-state index contributed by atoms with van der Waals surface area (Å²) in [5.41, 5.74) is 3.49. The van der Waals surface area contributed by atoms with Crippen LogP contribution in [0.2, 0.25) is 0 Å². The van der Waals surface area contributed by atoms with Gasteiger partial charge >= 0.3 is 0 Å². The van der Waals surface area contributed by atoms with E-state index in [0.29, 0.717) is 11.1 Å². The van der Waals surface area contributed by atoms with Gasteiger partial charge in [0.05, 0.1) is 11.6 Å². The van der Waals surface area contributed by atoms with E-state index in [2.05, 4.69) is 24.7 Å². The maximum absolute atomic E-state index is 12.5. The lowest BCUT2D eigenvalue weighted by Crippen LogP contribution is -2.24. The lowest BCUT2D eigenvalue weighted by atomic mass is 10.0. The molecule has 165 valence electrons. The highest BCUT2D eigenvalue weighted by Crippen LogP contribution is 2.13. The molecule has 3 heteroatoms. The maximum Gasteiger partial charge on any atom is 0.251 e. The first-order chi connectivity index (χ1) is 15.2. The molecule has 1 N–H and O–H groups in total. The number of nitriles is 1. The van der Waals surface area contributed by atoms with Crippen LogP contribution in [0.4, 0.5) is 0 Å². The summed E-state index contributed by atoms with van der Waals surface area (Å²) in [4.78, 5) is 12.5. The SMILES string of the molecule is CCCCCCCCCCCCNC(=O)c1cccc([CH]Cc2cccc(C#N)c2)c1. The minimum atomic E-state index is -0.00217. The summed E-state index contributed by atoms with van der Waals surface area (Å²) in [6.45, 7) is 3.00. The predicted molar refractivity (Wildman–Crippen MR) is 129 cm³/mol. The zero-order valence-electron chi connectivity index (χ0n) is 19.0. The second-order valence-electron chi connectivity index (χ2n) is 8.28. The fourth-order valence-corrected chi connectivity index (χ4v) is 3.73. The summed E-state index contributed by atoms with van der Waals surface area (Å²) in [6.07, 6.45) is 15.8. The minimum absolute atomic E-state index is 0.00217. The minimum Gasteiger partial charge on any atom is -0.352 e. The Balaban J connectivity index is 1.62. The Labute approximate surface area is 188 Å². The van der Waals surface area contributed by atoms with E-state index in [1.165, 1.54) is 57.8 Å². The molecule has 0 aliphatic rings. The summed E-state index contributed by atoms with van der Waals surface area (Å²) < 4.78 is 0. The van der Waals surface area contributed by atoms with Crippen LogP contribution in [0.3, 0.4) is 0 Å². The van der Waals surface area contributed by atoms with Gasteiger partial charge in [-0.2, -0.15) is 5.26 Å². The van der Waals surface area contributed by atoms with Crippen LogP contribution in [0.15, 0.2) is 48.5 Å². The van der Waals surface area contributed by atoms with Gasteiger partial charge in [0, 0.05) is 12.1 Å². The molecule has 0 saturated carbocycles. The molecule has 0 bridgehead atoms. The van der Waals surface area contributed by atoms with E-state index >= 15 is 0 Å². The maximum atomic E-state index is 12.5. The molecule has 0 spiro atoms. The van der Waals surface area contributed by atoms with Crippen molar-refractivity contribution in [2.75, 3.05) is 6.54 Å². The van der Waals surface area contributed by atoms with Gasteiger partial charge in [-0.05, 0) is 54.7 Å². The second kappa shape index (κ2) is 15.2. The predicted octanol–water partition coefficient (Wildman–Crippen LogP) is 7.00. The van der Waals surface area contributed by atoms with E-state index in [1.807, 2.05) is 48.5 Å².